The van der Waals surface area contributed by atoms with Crippen molar-refractivity contribution >= 4 is 22.2 Å². The number of pyridine rings is 1. The highest BCUT2D eigenvalue weighted by Gasteiger charge is 2.09. The van der Waals surface area contributed by atoms with E-state index < -0.39 is 10.6 Å². The molecule has 0 aliphatic carbocycles. The molecule has 22 heavy (non-hydrogen) atoms. The van der Waals surface area contributed by atoms with Crippen molar-refractivity contribution in [2.75, 3.05) is 7.05 Å². The molecule has 0 atom stereocenters. The Bertz CT molecular complexity index is 714. The van der Waals surface area contributed by atoms with Gasteiger partial charge in [0, 0.05) is 18.8 Å². The van der Waals surface area contributed by atoms with Crippen molar-refractivity contribution in [2.45, 2.75) is 31.3 Å². The monoisotopic (exact) mass is 337 g/mol. The Hall–Kier alpha value is -1.59. The van der Waals surface area contributed by atoms with Gasteiger partial charge >= 0.3 is 0 Å². The van der Waals surface area contributed by atoms with E-state index in [0.717, 1.165) is 12.0 Å². The van der Waals surface area contributed by atoms with Gasteiger partial charge in [0.05, 0.1) is 0 Å². The minimum atomic E-state index is -1.50. The van der Waals surface area contributed by atoms with Gasteiger partial charge in [0.15, 0.2) is 0 Å². The highest BCUT2D eigenvalue weighted by Crippen LogP contribution is 2.28. The summed E-state index contributed by atoms with van der Waals surface area (Å²) in [7, 11) is 0.0130. The van der Waals surface area contributed by atoms with Crippen LogP contribution in [0.1, 0.15) is 24.6 Å². The molecule has 0 aliphatic rings. The highest BCUT2D eigenvalue weighted by molar-refractivity contribution is 7.75. The second-order valence-corrected chi connectivity index (χ2v) is 6.33. The molecular weight excluding hydrogens is 320 g/mol. The first kappa shape index (κ1) is 16.8. The Labute approximate surface area is 137 Å². The van der Waals surface area contributed by atoms with Gasteiger partial charge in [-0.05, 0) is 16.9 Å². The van der Waals surface area contributed by atoms with Crippen LogP contribution in [-0.2, 0) is 27.8 Å². The molecule has 0 N–H and O–H groups in total. The highest BCUT2D eigenvalue weighted by atomic mass is 35.5. The third-order valence-electron chi connectivity index (χ3n) is 3.04. The van der Waals surface area contributed by atoms with Crippen molar-refractivity contribution in [1.29, 1.82) is 0 Å². The summed E-state index contributed by atoms with van der Waals surface area (Å²) < 4.78 is 21.9. The maximum atomic E-state index is 12.2. The van der Waals surface area contributed by atoms with Crippen molar-refractivity contribution < 1.29 is 8.95 Å². The zero-order chi connectivity index (χ0) is 15.9. The lowest BCUT2D eigenvalue weighted by molar-refractivity contribution is 0.297. The summed E-state index contributed by atoms with van der Waals surface area (Å²) in [6.07, 6.45) is 1.55. The maximum absolute atomic E-state index is 12.2. The zero-order valence-electron chi connectivity index (χ0n) is 12.6. The number of halogens is 1. The number of aryl methyl sites for hydroxylation is 1. The van der Waals surface area contributed by atoms with Gasteiger partial charge in [-0.25, -0.2) is 4.98 Å². The predicted molar refractivity (Wildman–Crippen MR) is 88.7 cm³/mol. The van der Waals surface area contributed by atoms with Gasteiger partial charge in [-0.3, -0.25) is 0 Å². The smallest absolute Gasteiger partial charge is 0.132 e. The van der Waals surface area contributed by atoms with Crippen LogP contribution < -0.4 is 4.74 Å². The fraction of sp³-hybridized carbons (Fsp3) is 0.312. The summed E-state index contributed by atoms with van der Waals surface area (Å²) in [4.78, 5) is 4.80. The van der Waals surface area contributed by atoms with E-state index in [1.165, 1.54) is 7.05 Å². The van der Waals surface area contributed by atoms with Gasteiger partial charge in [0.25, 0.3) is 0 Å². The lowest BCUT2D eigenvalue weighted by Crippen LogP contribution is -2.03. The Morgan fingerprint density at radius 1 is 1.32 bits per heavy atom. The number of aromatic nitrogens is 1. The fourth-order valence-corrected chi connectivity index (χ4v) is 3.08. The largest absolute Gasteiger partial charge is 0.490 e. The summed E-state index contributed by atoms with van der Waals surface area (Å²) in [6.45, 7) is 2.41. The van der Waals surface area contributed by atoms with Gasteiger partial charge in [-0.15, -0.1) is 0 Å². The predicted octanol–water partition coefficient (Wildman–Crippen LogP) is 4.40. The van der Waals surface area contributed by atoms with Gasteiger partial charge in [-0.2, -0.15) is 10.6 Å². The molecule has 4 nitrogen and oxygen atoms in total. The number of ether oxygens (including phenoxy) is 1. The molecule has 2 rings (SSSR count). The molecule has 1 aromatic heterocycles. The van der Waals surface area contributed by atoms with E-state index in [1.54, 1.807) is 6.07 Å². The van der Waals surface area contributed by atoms with Gasteiger partial charge < -0.3 is 13.3 Å². The lowest BCUT2D eigenvalue weighted by Gasteiger charge is -2.18. The second-order valence-electron chi connectivity index (χ2n) is 4.67. The Kier molecular flexibility index (Phi) is 6.21. The molecule has 6 heteroatoms. The number of nitrogens with zero attached hydrogens (tertiary/aromatic N) is 2. The molecule has 0 saturated carbocycles. The van der Waals surface area contributed by atoms with E-state index in [4.69, 9.17) is 16.3 Å². The molecule has 1 heterocycles. The van der Waals surface area contributed by atoms with Gasteiger partial charge in [0.1, 0.15) is 17.5 Å². The second kappa shape index (κ2) is 8.15. The number of benzene rings is 1. The van der Waals surface area contributed by atoms with Gasteiger partial charge in [-0.1, -0.05) is 55.3 Å². The van der Waals surface area contributed by atoms with Crippen LogP contribution >= 0.6 is 11.6 Å². The van der Waals surface area contributed by atoms with Crippen LogP contribution in [0.3, 0.4) is 0 Å². The van der Waals surface area contributed by atoms with Crippen LogP contribution in [-0.4, -0.2) is 12.0 Å². The summed E-state index contributed by atoms with van der Waals surface area (Å²) in [5, 5.41) is 0.336. The first-order valence-electron chi connectivity index (χ1n) is 7.03. The Morgan fingerprint density at radius 2 is 2.05 bits per heavy atom. The molecule has 0 bridgehead atoms. The van der Waals surface area contributed by atoms with Crippen LogP contribution in [0, 0.1) is 0 Å². The number of hydrogen-bond donors (Lipinski definition) is 0. The van der Waals surface area contributed by atoms with Crippen molar-refractivity contribution in [2.24, 2.45) is 4.36 Å². The van der Waals surface area contributed by atoms with E-state index in [-0.39, 0.29) is 0 Å². The van der Waals surface area contributed by atoms with Crippen molar-refractivity contribution in [1.82, 2.24) is 4.98 Å². The molecule has 1 aromatic carbocycles. The van der Waals surface area contributed by atoms with E-state index >= 15 is 0 Å². The standard InChI is InChI=1S/C16H18ClN2O2S/c1-3-7-13-16(22(20)18-2)14(10-15(17)19-13)21-11-12-8-5-4-6-9-12/h4-6,8-10H,3,7,11H2,1-2H3/q-1. The first-order valence-corrected chi connectivity index (χ1v) is 8.52. The lowest BCUT2D eigenvalue weighted by atomic mass is 10.2. The molecule has 0 aliphatic heterocycles. The van der Waals surface area contributed by atoms with E-state index in [1.807, 2.05) is 37.3 Å². The number of rotatable bonds is 6. The summed E-state index contributed by atoms with van der Waals surface area (Å²) in [6, 6.07) is 11.4. The minimum Gasteiger partial charge on any atom is -0.490 e. The molecule has 0 radical (unpaired) electrons. The normalized spacial score (nSPS) is 12.3. The van der Waals surface area contributed by atoms with Crippen LogP contribution in [0.4, 0.5) is 0 Å². The molecule has 2 aromatic rings. The molecule has 118 valence electrons. The van der Waals surface area contributed by atoms with Crippen LogP contribution in [0.2, 0.25) is 5.15 Å². The van der Waals surface area contributed by atoms with Crippen molar-refractivity contribution in [3.63, 3.8) is 0 Å². The molecule has 0 spiro atoms. The van der Waals surface area contributed by atoms with Crippen LogP contribution in [0.15, 0.2) is 45.7 Å². The average Bonchev–Trinajstić information content (AvgIpc) is 2.53. The van der Waals surface area contributed by atoms with Crippen molar-refractivity contribution in [3.8, 4) is 5.75 Å². The maximum Gasteiger partial charge on any atom is 0.132 e. The quantitative estimate of drug-likeness (QED) is 0.579. The minimum absolute atomic E-state index is 0.336. The topological polar surface area (TPSA) is 51.5 Å². The van der Waals surface area contributed by atoms with E-state index in [9.17, 15) is 4.21 Å². The summed E-state index contributed by atoms with van der Waals surface area (Å²) >= 11 is 6.07. The average molecular weight is 338 g/mol. The summed E-state index contributed by atoms with van der Waals surface area (Å²) in [5.74, 6) is 0.483. The Balaban J connectivity index is 2.38. The third kappa shape index (κ3) is 4.21. The van der Waals surface area contributed by atoms with Gasteiger partial charge in [0.2, 0.25) is 0 Å². The fourth-order valence-electron chi connectivity index (χ4n) is 2.05. The summed E-state index contributed by atoms with van der Waals surface area (Å²) in [5.41, 5.74) is 1.71. The zero-order valence-corrected chi connectivity index (χ0v) is 14.2. The SMILES string of the molecule is CCCc1nc(Cl)cc(OCc2ccccc2)c1[S-](=O)=NC. The third-order valence-corrected chi connectivity index (χ3v) is 4.35. The van der Waals surface area contributed by atoms with Crippen LogP contribution in [0.5, 0.6) is 5.75 Å². The Morgan fingerprint density at radius 3 is 2.68 bits per heavy atom. The first-order chi connectivity index (χ1) is 10.7. The van der Waals surface area contributed by atoms with E-state index in [2.05, 4.69) is 9.35 Å². The molecule has 0 saturated heterocycles. The molecular formula is C16H18ClN2O2S-. The van der Waals surface area contributed by atoms with E-state index in [0.29, 0.717) is 34.5 Å². The van der Waals surface area contributed by atoms with Crippen LogP contribution in [0.25, 0.3) is 0 Å². The number of hydrogen-bond acceptors (Lipinski definition) is 5. The van der Waals surface area contributed by atoms with Crippen molar-refractivity contribution in [3.05, 3.63) is 52.8 Å². The molecule has 0 unspecified atom stereocenters. The molecule has 0 amide bonds. The molecule has 0 fully saturated rings.